The van der Waals surface area contributed by atoms with Gasteiger partial charge in [0, 0.05) is 23.6 Å². The van der Waals surface area contributed by atoms with Crippen molar-refractivity contribution in [3.8, 4) is 11.5 Å². The molecule has 0 fully saturated rings. The maximum atomic E-state index is 6.04. The molecule has 0 saturated heterocycles. The SMILES string of the molecule is Clc1ccc(Nc2ccnc(Nc3ccc4c(c3)OCCO4)n2)cc1Cl. The number of aromatic nitrogens is 2. The smallest absolute Gasteiger partial charge is 0.229 e. The summed E-state index contributed by atoms with van der Waals surface area (Å²) in [5.74, 6) is 2.51. The summed E-state index contributed by atoms with van der Waals surface area (Å²) >= 11 is 12.0. The molecule has 1 aromatic heterocycles. The molecule has 3 aromatic rings. The van der Waals surface area contributed by atoms with E-state index in [0.29, 0.717) is 40.8 Å². The zero-order valence-corrected chi connectivity index (χ0v) is 15.0. The summed E-state index contributed by atoms with van der Waals surface area (Å²) in [5.41, 5.74) is 1.59. The highest BCUT2D eigenvalue weighted by Gasteiger charge is 2.12. The van der Waals surface area contributed by atoms with Gasteiger partial charge < -0.3 is 20.1 Å². The van der Waals surface area contributed by atoms with Gasteiger partial charge in [0.1, 0.15) is 19.0 Å². The van der Waals surface area contributed by atoms with E-state index in [1.165, 1.54) is 0 Å². The first-order valence-corrected chi connectivity index (χ1v) is 8.65. The number of nitrogens with one attached hydrogen (secondary N) is 2. The van der Waals surface area contributed by atoms with Gasteiger partial charge in [-0.3, -0.25) is 0 Å². The molecule has 0 unspecified atom stereocenters. The number of hydrogen-bond acceptors (Lipinski definition) is 6. The van der Waals surface area contributed by atoms with Crippen LogP contribution < -0.4 is 20.1 Å². The maximum absolute atomic E-state index is 6.04. The zero-order chi connectivity index (χ0) is 17.9. The normalized spacial score (nSPS) is 12.5. The molecular weight excluding hydrogens is 375 g/mol. The third kappa shape index (κ3) is 3.76. The second-order valence-corrected chi connectivity index (χ2v) is 6.32. The number of nitrogens with zero attached hydrogens (tertiary/aromatic N) is 2. The standard InChI is InChI=1S/C18H14Cl2N4O2/c19-13-3-1-11(9-14(13)20)22-17-5-6-21-18(24-17)23-12-2-4-15-16(10-12)26-8-7-25-15/h1-6,9-10H,7-8H2,(H2,21,22,23,24). The second kappa shape index (κ2) is 7.27. The van der Waals surface area contributed by atoms with Gasteiger partial charge in [0.15, 0.2) is 11.5 Å². The van der Waals surface area contributed by atoms with Crippen molar-refractivity contribution in [2.75, 3.05) is 23.8 Å². The van der Waals surface area contributed by atoms with Crippen LogP contribution in [0.2, 0.25) is 10.0 Å². The van der Waals surface area contributed by atoms with Gasteiger partial charge in [0.25, 0.3) is 0 Å². The Morgan fingerprint density at radius 1 is 0.808 bits per heavy atom. The Bertz CT molecular complexity index is 952. The minimum Gasteiger partial charge on any atom is -0.486 e. The Morgan fingerprint density at radius 3 is 2.42 bits per heavy atom. The third-order valence-corrected chi connectivity index (χ3v) is 4.38. The number of halogens is 2. The van der Waals surface area contributed by atoms with Crippen molar-refractivity contribution in [1.29, 1.82) is 0 Å². The average Bonchev–Trinajstić information content (AvgIpc) is 2.65. The predicted octanol–water partition coefficient (Wildman–Crippen LogP) is 5.04. The predicted molar refractivity (Wildman–Crippen MR) is 102 cm³/mol. The van der Waals surface area contributed by atoms with E-state index in [2.05, 4.69) is 20.6 Å². The van der Waals surface area contributed by atoms with Crippen LogP contribution in [-0.2, 0) is 0 Å². The van der Waals surface area contributed by atoms with Gasteiger partial charge in [-0.05, 0) is 36.4 Å². The van der Waals surface area contributed by atoms with Crippen molar-refractivity contribution >= 4 is 46.3 Å². The Morgan fingerprint density at radius 2 is 1.58 bits per heavy atom. The van der Waals surface area contributed by atoms with Crippen molar-refractivity contribution in [3.05, 3.63) is 58.7 Å². The molecule has 6 nitrogen and oxygen atoms in total. The Labute approximate surface area is 160 Å². The lowest BCUT2D eigenvalue weighted by molar-refractivity contribution is 0.171. The number of hydrogen-bond donors (Lipinski definition) is 2. The first kappa shape index (κ1) is 16.8. The molecule has 2 aromatic carbocycles. The Balaban J connectivity index is 1.51. The Kier molecular flexibility index (Phi) is 4.69. The largest absolute Gasteiger partial charge is 0.486 e. The molecule has 2 heterocycles. The lowest BCUT2D eigenvalue weighted by Crippen LogP contribution is -2.15. The maximum Gasteiger partial charge on any atom is 0.229 e. The van der Waals surface area contributed by atoms with Gasteiger partial charge >= 0.3 is 0 Å². The van der Waals surface area contributed by atoms with Crippen LogP contribution in [0.25, 0.3) is 0 Å². The van der Waals surface area contributed by atoms with Crippen LogP contribution in [0.15, 0.2) is 48.7 Å². The lowest BCUT2D eigenvalue weighted by Gasteiger charge is -2.19. The van der Waals surface area contributed by atoms with E-state index in [1.54, 1.807) is 24.4 Å². The molecule has 1 aliphatic rings. The lowest BCUT2D eigenvalue weighted by atomic mass is 10.2. The second-order valence-electron chi connectivity index (χ2n) is 5.50. The molecule has 0 aliphatic carbocycles. The molecule has 132 valence electrons. The van der Waals surface area contributed by atoms with Crippen LogP contribution >= 0.6 is 23.2 Å². The molecule has 0 atom stereocenters. The minimum absolute atomic E-state index is 0.451. The van der Waals surface area contributed by atoms with Crippen LogP contribution in [0.1, 0.15) is 0 Å². The number of fused-ring (bicyclic) bond motifs is 1. The molecule has 0 spiro atoms. The number of anilines is 4. The van der Waals surface area contributed by atoms with Crippen molar-refractivity contribution < 1.29 is 9.47 Å². The van der Waals surface area contributed by atoms with Gasteiger partial charge in [-0.25, -0.2) is 4.98 Å². The molecule has 0 saturated carbocycles. The van der Waals surface area contributed by atoms with E-state index in [0.717, 1.165) is 17.1 Å². The monoisotopic (exact) mass is 388 g/mol. The number of ether oxygens (including phenoxy) is 2. The van der Waals surface area contributed by atoms with E-state index in [4.69, 9.17) is 32.7 Å². The van der Waals surface area contributed by atoms with E-state index >= 15 is 0 Å². The summed E-state index contributed by atoms with van der Waals surface area (Å²) in [6, 6.07) is 12.6. The highest BCUT2D eigenvalue weighted by Crippen LogP contribution is 2.33. The van der Waals surface area contributed by atoms with Crippen molar-refractivity contribution in [2.45, 2.75) is 0 Å². The first-order valence-electron chi connectivity index (χ1n) is 7.89. The van der Waals surface area contributed by atoms with Crippen molar-refractivity contribution in [2.24, 2.45) is 0 Å². The summed E-state index contributed by atoms with van der Waals surface area (Å²) in [6.45, 7) is 1.10. The fourth-order valence-electron chi connectivity index (χ4n) is 2.46. The molecule has 4 rings (SSSR count). The highest BCUT2D eigenvalue weighted by atomic mass is 35.5. The van der Waals surface area contributed by atoms with Crippen molar-refractivity contribution in [1.82, 2.24) is 9.97 Å². The molecular formula is C18H14Cl2N4O2. The summed E-state index contributed by atoms with van der Waals surface area (Å²) < 4.78 is 11.1. The van der Waals surface area contributed by atoms with E-state index < -0.39 is 0 Å². The zero-order valence-electron chi connectivity index (χ0n) is 13.5. The quantitative estimate of drug-likeness (QED) is 0.652. The fourth-order valence-corrected chi connectivity index (χ4v) is 2.76. The molecule has 8 heteroatoms. The molecule has 26 heavy (non-hydrogen) atoms. The molecule has 0 bridgehead atoms. The highest BCUT2D eigenvalue weighted by molar-refractivity contribution is 6.42. The summed E-state index contributed by atoms with van der Waals surface area (Å²) in [4.78, 5) is 8.68. The topological polar surface area (TPSA) is 68.3 Å². The first-order chi connectivity index (χ1) is 12.7. The van der Waals surface area contributed by atoms with Crippen LogP contribution in [-0.4, -0.2) is 23.2 Å². The average molecular weight is 389 g/mol. The van der Waals surface area contributed by atoms with E-state index in [9.17, 15) is 0 Å². The van der Waals surface area contributed by atoms with Gasteiger partial charge in [0.05, 0.1) is 10.0 Å². The fraction of sp³-hybridized carbons (Fsp3) is 0.111. The molecule has 1 aliphatic heterocycles. The number of rotatable bonds is 4. The Hall–Kier alpha value is -2.70. The number of benzene rings is 2. The third-order valence-electron chi connectivity index (χ3n) is 3.65. The summed E-state index contributed by atoms with van der Waals surface area (Å²) in [7, 11) is 0. The van der Waals surface area contributed by atoms with Crippen LogP contribution in [0.5, 0.6) is 11.5 Å². The molecule has 0 radical (unpaired) electrons. The molecule has 2 N–H and O–H groups in total. The van der Waals surface area contributed by atoms with Gasteiger partial charge in [-0.2, -0.15) is 4.98 Å². The van der Waals surface area contributed by atoms with E-state index in [-0.39, 0.29) is 0 Å². The van der Waals surface area contributed by atoms with Gasteiger partial charge in [-0.1, -0.05) is 23.2 Å². The van der Waals surface area contributed by atoms with Gasteiger partial charge in [-0.15, -0.1) is 0 Å². The van der Waals surface area contributed by atoms with Crippen LogP contribution in [0.3, 0.4) is 0 Å². The van der Waals surface area contributed by atoms with Crippen molar-refractivity contribution in [3.63, 3.8) is 0 Å². The van der Waals surface area contributed by atoms with Crippen LogP contribution in [0, 0.1) is 0 Å². The molecule has 0 amide bonds. The summed E-state index contributed by atoms with van der Waals surface area (Å²) in [6.07, 6.45) is 1.66. The van der Waals surface area contributed by atoms with Crippen LogP contribution in [0.4, 0.5) is 23.1 Å². The summed E-state index contributed by atoms with van der Waals surface area (Å²) in [5, 5.41) is 7.30. The van der Waals surface area contributed by atoms with E-state index in [1.807, 2.05) is 24.3 Å². The minimum atomic E-state index is 0.451. The van der Waals surface area contributed by atoms with Gasteiger partial charge in [0.2, 0.25) is 5.95 Å².